The summed E-state index contributed by atoms with van der Waals surface area (Å²) < 4.78 is 26.5. The van der Waals surface area contributed by atoms with E-state index in [2.05, 4.69) is 6.92 Å². The predicted octanol–water partition coefficient (Wildman–Crippen LogP) is 6.71. The zero-order chi connectivity index (χ0) is 14.0. The lowest BCUT2D eigenvalue weighted by atomic mass is 10.2. The minimum Gasteiger partial charge on any atom is -0.212 e. The van der Waals surface area contributed by atoms with E-state index in [-0.39, 0.29) is 18.1 Å². The normalized spacial score (nSPS) is 14.1. The molecule has 0 spiro atoms. The van der Waals surface area contributed by atoms with Crippen LogP contribution in [-0.2, 0) is 0 Å². The molecule has 0 nitrogen and oxygen atoms in total. The molecular weight excluding hydrogens is 317 g/mol. The van der Waals surface area contributed by atoms with Gasteiger partial charge in [0.1, 0.15) is 0 Å². The molecule has 0 rings (SSSR count). The van der Waals surface area contributed by atoms with Crippen molar-refractivity contribution in [3.8, 4) is 0 Å². The van der Waals surface area contributed by atoms with Crippen molar-refractivity contribution >= 4 is 39.2 Å². The molecule has 0 aromatic carbocycles. The SMILES string of the molecule is CCCCC/C(F)=C/C=C(\F)CCC[Si](Cl)(Cl)Cl. The monoisotopic (exact) mass is 334 g/mol. The Balaban J connectivity index is 3.91. The van der Waals surface area contributed by atoms with Gasteiger partial charge >= 0.3 is 6.00 Å². The van der Waals surface area contributed by atoms with Crippen LogP contribution in [0.25, 0.3) is 0 Å². The van der Waals surface area contributed by atoms with Gasteiger partial charge in [-0.15, -0.1) is 33.2 Å². The maximum atomic E-state index is 13.3. The van der Waals surface area contributed by atoms with Crippen LogP contribution in [0.3, 0.4) is 0 Å². The lowest BCUT2D eigenvalue weighted by molar-refractivity contribution is 0.556. The average molecular weight is 336 g/mol. The van der Waals surface area contributed by atoms with Crippen molar-refractivity contribution in [3.05, 3.63) is 23.8 Å². The van der Waals surface area contributed by atoms with Crippen LogP contribution in [0.4, 0.5) is 8.78 Å². The van der Waals surface area contributed by atoms with E-state index in [0.29, 0.717) is 18.9 Å². The van der Waals surface area contributed by atoms with Crippen LogP contribution >= 0.6 is 33.2 Å². The molecule has 0 saturated carbocycles. The molecule has 106 valence electrons. The number of allylic oxidation sites excluding steroid dienone is 4. The molecule has 0 aromatic heterocycles. The van der Waals surface area contributed by atoms with E-state index in [1.807, 2.05) is 0 Å². The molecule has 0 radical (unpaired) electrons. The van der Waals surface area contributed by atoms with Gasteiger partial charge in [-0.3, -0.25) is 0 Å². The van der Waals surface area contributed by atoms with Crippen molar-refractivity contribution in [1.82, 2.24) is 0 Å². The largest absolute Gasteiger partial charge is 0.341 e. The predicted molar refractivity (Wildman–Crippen MR) is 79.9 cm³/mol. The van der Waals surface area contributed by atoms with Crippen molar-refractivity contribution in [2.75, 3.05) is 0 Å². The highest BCUT2D eigenvalue weighted by atomic mass is 35.8. The Morgan fingerprint density at radius 2 is 1.44 bits per heavy atom. The number of rotatable bonds is 9. The van der Waals surface area contributed by atoms with Gasteiger partial charge in [0.2, 0.25) is 0 Å². The van der Waals surface area contributed by atoms with Crippen molar-refractivity contribution in [2.45, 2.75) is 51.5 Å². The molecule has 0 aliphatic carbocycles. The summed E-state index contributed by atoms with van der Waals surface area (Å²) in [6.45, 7) is 2.05. The van der Waals surface area contributed by atoms with Gasteiger partial charge in [-0.05, 0) is 43.9 Å². The Morgan fingerprint density at radius 3 is 1.89 bits per heavy atom. The fourth-order valence-electron chi connectivity index (χ4n) is 1.35. The summed E-state index contributed by atoms with van der Waals surface area (Å²) >= 11 is 17.0. The standard InChI is InChI=1S/C12H19Cl3F2Si/c1-2-3-4-6-11(16)8-9-12(17)7-5-10-18(13,14)15/h8-9H,2-7,10H2,1H3/b11-8-,12-9-. The van der Waals surface area contributed by atoms with Gasteiger partial charge in [0.05, 0.1) is 11.7 Å². The molecular formula is C12H19Cl3F2Si. The van der Waals surface area contributed by atoms with Crippen LogP contribution in [0.2, 0.25) is 6.04 Å². The van der Waals surface area contributed by atoms with E-state index < -0.39 is 6.00 Å². The highest BCUT2D eigenvalue weighted by Crippen LogP contribution is 2.28. The molecule has 18 heavy (non-hydrogen) atoms. The maximum Gasteiger partial charge on any atom is 0.341 e. The van der Waals surface area contributed by atoms with Gasteiger partial charge in [-0.25, -0.2) is 8.78 Å². The highest BCUT2D eigenvalue weighted by Gasteiger charge is 2.23. The van der Waals surface area contributed by atoms with E-state index in [1.54, 1.807) is 0 Å². The summed E-state index contributed by atoms with van der Waals surface area (Å²) in [5, 5.41) is 0. The number of hydrogen-bond acceptors (Lipinski definition) is 0. The fraction of sp³-hybridized carbons (Fsp3) is 0.667. The van der Waals surface area contributed by atoms with Gasteiger partial charge in [0, 0.05) is 0 Å². The van der Waals surface area contributed by atoms with Gasteiger partial charge in [0.15, 0.2) is 0 Å². The average Bonchev–Trinajstić information content (AvgIpc) is 2.25. The minimum atomic E-state index is -2.66. The third-order valence-corrected chi connectivity index (χ3v) is 4.96. The third-order valence-electron chi connectivity index (χ3n) is 2.34. The molecule has 0 aromatic rings. The van der Waals surface area contributed by atoms with Crippen LogP contribution in [0.5, 0.6) is 0 Å². The Bertz CT molecular complexity index is 286. The number of halogens is 5. The minimum absolute atomic E-state index is 0.194. The first-order valence-electron chi connectivity index (χ1n) is 6.12. The van der Waals surface area contributed by atoms with Crippen LogP contribution in [0.15, 0.2) is 23.8 Å². The zero-order valence-corrected chi connectivity index (χ0v) is 13.8. The lowest BCUT2D eigenvalue weighted by Crippen LogP contribution is -2.07. The van der Waals surface area contributed by atoms with Gasteiger partial charge in [-0.2, -0.15) is 0 Å². The van der Waals surface area contributed by atoms with E-state index in [1.165, 1.54) is 12.2 Å². The van der Waals surface area contributed by atoms with Gasteiger partial charge in [-0.1, -0.05) is 19.8 Å². The Labute approximate surface area is 123 Å². The second kappa shape index (κ2) is 10.2. The Hall–Kier alpha value is 0.427. The third kappa shape index (κ3) is 12.9. The first-order valence-corrected chi connectivity index (χ1v) is 11.4. The van der Waals surface area contributed by atoms with Crippen molar-refractivity contribution in [2.24, 2.45) is 0 Å². The molecule has 0 fully saturated rings. The smallest absolute Gasteiger partial charge is 0.212 e. The zero-order valence-electron chi connectivity index (χ0n) is 10.5. The molecule has 6 heteroatoms. The number of hydrogen-bond donors (Lipinski definition) is 0. The molecule has 0 unspecified atom stereocenters. The topological polar surface area (TPSA) is 0 Å². The van der Waals surface area contributed by atoms with Crippen LogP contribution < -0.4 is 0 Å². The summed E-state index contributed by atoms with van der Waals surface area (Å²) in [6.07, 6.45) is 6.24. The van der Waals surface area contributed by atoms with Crippen LogP contribution in [-0.4, -0.2) is 6.00 Å². The van der Waals surface area contributed by atoms with E-state index in [0.717, 1.165) is 19.3 Å². The molecule has 0 heterocycles. The lowest BCUT2D eigenvalue weighted by Gasteiger charge is -2.05. The summed E-state index contributed by atoms with van der Waals surface area (Å²) in [5.74, 6) is -0.654. The van der Waals surface area contributed by atoms with Crippen molar-refractivity contribution in [3.63, 3.8) is 0 Å². The molecule has 0 saturated heterocycles. The first-order chi connectivity index (χ1) is 8.35. The van der Waals surface area contributed by atoms with Crippen molar-refractivity contribution in [1.29, 1.82) is 0 Å². The van der Waals surface area contributed by atoms with E-state index >= 15 is 0 Å². The molecule has 0 N–H and O–H groups in total. The summed E-state index contributed by atoms with van der Waals surface area (Å²) in [6, 6.07) is -2.24. The first kappa shape index (κ1) is 18.4. The quantitative estimate of drug-likeness (QED) is 0.190. The molecule has 0 bridgehead atoms. The summed E-state index contributed by atoms with van der Waals surface area (Å²) in [7, 11) is 0. The van der Waals surface area contributed by atoms with Crippen molar-refractivity contribution < 1.29 is 8.78 Å². The van der Waals surface area contributed by atoms with Crippen LogP contribution in [0, 0.1) is 0 Å². The van der Waals surface area contributed by atoms with Gasteiger partial charge < -0.3 is 0 Å². The van der Waals surface area contributed by atoms with Gasteiger partial charge in [0.25, 0.3) is 0 Å². The van der Waals surface area contributed by atoms with E-state index in [4.69, 9.17) is 33.2 Å². The highest BCUT2D eigenvalue weighted by molar-refractivity contribution is 7.64. The second-order valence-electron chi connectivity index (χ2n) is 4.15. The summed E-state index contributed by atoms with van der Waals surface area (Å²) in [5.41, 5.74) is 0. The van der Waals surface area contributed by atoms with E-state index in [9.17, 15) is 8.78 Å². The maximum absolute atomic E-state index is 13.3. The Kier molecular flexibility index (Phi) is 10.5. The number of unbranched alkanes of at least 4 members (excludes halogenated alkanes) is 2. The molecule has 0 atom stereocenters. The van der Waals surface area contributed by atoms with Crippen LogP contribution in [0.1, 0.15) is 45.4 Å². The summed E-state index contributed by atoms with van der Waals surface area (Å²) in [4.78, 5) is 0. The second-order valence-corrected chi connectivity index (χ2v) is 13.4. The Morgan fingerprint density at radius 1 is 0.944 bits per heavy atom. The molecule has 0 aliphatic rings. The molecule has 0 aliphatic heterocycles. The molecule has 0 amide bonds. The fourth-order valence-corrected chi connectivity index (χ4v) is 3.13.